The van der Waals surface area contributed by atoms with Gasteiger partial charge in [-0.15, -0.1) is 0 Å². The Hall–Kier alpha value is -2.30. The van der Waals surface area contributed by atoms with E-state index in [4.69, 9.17) is 4.74 Å². The number of hydrogen-bond acceptors (Lipinski definition) is 3. The minimum Gasteiger partial charge on any atom is -0.477 e. The van der Waals surface area contributed by atoms with Crippen molar-refractivity contribution in [2.24, 2.45) is 5.92 Å². The van der Waals surface area contributed by atoms with Crippen molar-refractivity contribution in [3.63, 3.8) is 0 Å². The first kappa shape index (κ1) is 16.2. The highest BCUT2D eigenvalue weighted by Crippen LogP contribution is 2.35. The molecule has 1 amide bonds. The van der Waals surface area contributed by atoms with Crippen LogP contribution in [0.15, 0.2) is 36.5 Å². The lowest BCUT2D eigenvalue weighted by Gasteiger charge is -2.29. The van der Waals surface area contributed by atoms with Gasteiger partial charge in [0.05, 0.1) is 12.8 Å². The zero-order chi connectivity index (χ0) is 17.1. The van der Waals surface area contributed by atoms with E-state index < -0.39 is 0 Å². The van der Waals surface area contributed by atoms with Crippen LogP contribution in [-0.4, -0.2) is 28.8 Å². The van der Waals surface area contributed by atoms with Crippen molar-refractivity contribution in [3.8, 4) is 5.88 Å². The van der Waals surface area contributed by atoms with E-state index in [1.54, 1.807) is 10.9 Å². The average molecular weight is 339 g/mol. The Morgan fingerprint density at radius 3 is 2.80 bits per heavy atom. The molecule has 0 spiro atoms. The summed E-state index contributed by atoms with van der Waals surface area (Å²) in [6.45, 7) is 2.23. The quantitative estimate of drug-likeness (QED) is 0.929. The number of benzene rings is 1. The molecule has 1 N–H and O–H groups in total. The maximum Gasteiger partial charge on any atom is 0.258 e. The first-order valence-corrected chi connectivity index (χ1v) is 9.33. The predicted octanol–water partition coefficient (Wildman–Crippen LogP) is 3.37. The van der Waals surface area contributed by atoms with Crippen LogP contribution < -0.4 is 10.1 Å². The number of carbonyl (C=O) groups is 1. The van der Waals surface area contributed by atoms with Crippen molar-refractivity contribution in [3.05, 3.63) is 47.7 Å². The summed E-state index contributed by atoms with van der Waals surface area (Å²) in [6, 6.07) is 10.8. The highest BCUT2D eigenvalue weighted by Gasteiger charge is 2.25. The third kappa shape index (κ3) is 3.55. The van der Waals surface area contributed by atoms with E-state index in [-0.39, 0.29) is 5.91 Å². The maximum absolute atomic E-state index is 12.5. The van der Waals surface area contributed by atoms with Crippen LogP contribution in [0.1, 0.15) is 53.9 Å². The molecule has 2 aromatic rings. The van der Waals surface area contributed by atoms with E-state index in [9.17, 15) is 4.79 Å². The summed E-state index contributed by atoms with van der Waals surface area (Å²) in [5.74, 6) is 1.80. The second-order valence-corrected chi connectivity index (χ2v) is 7.13. The molecule has 1 aliphatic heterocycles. The molecule has 0 bridgehead atoms. The zero-order valence-corrected chi connectivity index (χ0v) is 14.5. The van der Waals surface area contributed by atoms with Gasteiger partial charge in [0.1, 0.15) is 5.56 Å². The molecule has 1 aromatic heterocycles. The van der Waals surface area contributed by atoms with Gasteiger partial charge in [0.2, 0.25) is 5.88 Å². The van der Waals surface area contributed by atoms with Gasteiger partial charge in [-0.25, -0.2) is 4.68 Å². The molecule has 25 heavy (non-hydrogen) atoms. The third-order valence-corrected chi connectivity index (χ3v) is 5.46. The van der Waals surface area contributed by atoms with Gasteiger partial charge in [0.15, 0.2) is 0 Å². The number of hydrogen-bond donors (Lipinski definition) is 1. The monoisotopic (exact) mass is 339 g/mol. The molecule has 2 heterocycles. The second kappa shape index (κ2) is 7.30. The molecule has 0 radical (unpaired) electrons. The number of carbonyl (C=O) groups excluding carboxylic acids is 1. The normalized spacial score (nSPS) is 22.7. The van der Waals surface area contributed by atoms with E-state index in [2.05, 4.69) is 40.7 Å². The van der Waals surface area contributed by atoms with Crippen LogP contribution in [0.3, 0.4) is 0 Å². The summed E-state index contributed by atoms with van der Waals surface area (Å²) in [7, 11) is 0. The second-order valence-electron chi connectivity index (χ2n) is 7.13. The largest absolute Gasteiger partial charge is 0.477 e. The van der Waals surface area contributed by atoms with Gasteiger partial charge < -0.3 is 10.1 Å². The molecular formula is C20H25N3O2. The number of nitrogens with one attached hydrogen (secondary N) is 1. The Morgan fingerprint density at radius 1 is 1.20 bits per heavy atom. The molecule has 5 heteroatoms. The molecule has 0 saturated heterocycles. The van der Waals surface area contributed by atoms with Crippen molar-refractivity contribution >= 4 is 5.91 Å². The Balaban J connectivity index is 1.28. The first-order valence-electron chi connectivity index (χ1n) is 9.33. The molecule has 5 nitrogen and oxygen atoms in total. The Morgan fingerprint density at radius 2 is 2.00 bits per heavy atom. The number of fused-ring (bicyclic) bond motifs is 1. The third-order valence-electron chi connectivity index (χ3n) is 5.46. The number of rotatable bonds is 4. The lowest BCUT2D eigenvalue weighted by molar-refractivity contribution is 0.0936. The van der Waals surface area contributed by atoms with Gasteiger partial charge in [-0.1, -0.05) is 30.3 Å². The SMILES string of the molecule is O=C(NCC1CCC(c2ccccc2)CC1)c1cnn2c1OCCC2. The summed E-state index contributed by atoms with van der Waals surface area (Å²) in [5, 5.41) is 7.33. The summed E-state index contributed by atoms with van der Waals surface area (Å²) < 4.78 is 7.39. The van der Waals surface area contributed by atoms with Gasteiger partial charge in [-0.2, -0.15) is 5.10 Å². The van der Waals surface area contributed by atoms with Crippen molar-refractivity contribution in [1.82, 2.24) is 15.1 Å². The minimum atomic E-state index is -0.0617. The van der Waals surface area contributed by atoms with Crippen molar-refractivity contribution in [1.29, 1.82) is 0 Å². The van der Waals surface area contributed by atoms with Crippen LogP contribution in [0.5, 0.6) is 5.88 Å². The van der Waals surface area contributed by atoms with E-state index in [1.807, 2.05) is 0 Å². The van der Waals surface area contributed by atoms with Crippen LogP contribution in [0.25, 0.3) is 0 Å². The highest BCUT2D eigenvalue weighted by molar-refractivity contribution is 5.96. The van der Waals surface area contributed by atoms with Gasteiger partial charge in [-0.3, -0.25) is 4.79 Å². The van der Waals surface area contributed by atoms with Gasteiger partial charge in [0.25, 0.3) is 5.91 Å². The lowest BCUT2D eigenvalue weighted by atomic mass is 9.79. The molecule has 1 fully saturated rings. The van der Waals surface area contributed by atoms with E-state index in [0.717, 1.165) is 19.5 Å². The molecule has 1 aromatic carbocycles. The molecule has 2 aliphatic rings. The standard InChI is InChI=1S/C20H25N3O2/c24-19(18-14-22-23-11-4-12-25-20(18)23)21-13-15-7-9-17(10-8-15)16-5-2-1-3-6-16/h1-3,5-6,14-15,17H,4,7-13H2,(H,21,24). The summed E-state index contributed by atoms with van der Waals surface area (Å²) in [4.78, 5) is 12.5. The highest BCUT2D eigenvalue weighted by atomic mass is 16.5. The van der Waals surface area contributed by atoms with Crippen LogP contribution >= 0.6 is 0 Å². The zero-order valence-electron chi connectivity index (χ0n) is 14.5. The topological polar surface area (TPSA) is 56.2 Å². The summed E-state index contributed by atoms with van der Waals surface area (Å²) in [6.07, 6.45) is 7.32. The van der Waals surface area contributed by atoms with Crippen LogP contribution in [0, 0.1) is 5.92 Å². The summed E-state index contributed by atoms with van der Waals surface area (Å²) >= 11 is 0. The number of nitrogens with zero attached hydrogens (tertiary/aromatic N) is 2. The van der Waals surface area contributed by atoms with Crippen molar-refractivity contribution in [2.45, 2.75) is 44.6 Å². The molecule has 1 saturated carbocycles. The Kier molecular flexibility index (Phi) is 4.72. The summed E-state index contributed by atoms with van der Waals surface area (Å²) in [5.41, 5.74) is 2.02. The average Bonchev–Trinajstić information content (AvgIpc) is 3.11. The smallest absolute Gasteiger partial charge is 0.258 e. The Bertz CT molecular complexity index is 718. The predicted molar refractivity (Wildman–Crippen MR) is 95.8 cm³/mol. The maximum atomic E-state index is 12.5. The first-order chi connectivity index (χ1) is 12.3. The molecule has 0 atom stereocenters. The number of ether oxygens (including phenoxy) is 1. The number of aryl methyl sites for hydroxylation is 1. The minimum absolute atomic E-state index is 0.0617. The fraction of sp³-hybridized carbons (Fsp3) is 0.500. The van der Waals surface area contributed by atoms with E-state index in [0.29, 0.717) is 29.9 Å². The number of aromatic nitrogens is 2. The molecular weight excluding hydrogens is 314 g/mol. The fourth-order valence-corrected chi connectivity index (χ4v) is 3.98. The van der Waals surface area contributed by atoms with Crippen LogP contribution in [0.2, 0.25) is 0 Å². The van der Waals surface area contributed by atoms with E-state index >= 15 is 0 Å². The van der Waals surface area contributed by atoms with Crippen LogP contribution in [-0.2, 0) is 6.54 Å². The van der Waals surface area contributed by atoms with Gasteiger partial charge in [-0.05, 0) is 43.1 Å². The van der Waals surface area contributed by atoms with Gasteiger partial charge >= 0.3 is 0 Å². The lowest BCUT2D eigenvalue weighted by Crippen LogP contribution is -2.31. The van der Waals surface area contributed by atoms with Crippen LogP contribution in [0.4, 0.5) is 0 Å². The van der Waals surface area contributed by atoms with E-state index in [1.165, 1.54) is 31.2 Å². The van der Waals surface area contributed by atoms with Gasteiger partial charge in [0, 0.05) is 19.5 Å². The molecule has 1 aliphatic carbocycles. The Labute approximate surface area is 148 Å². The molecule has 132 valence electrons. The van der Waals surface area contributed by atoms with Crippen molar-refractivity contribution < 1.29 is 9.53 Å². The molecule has 0 unspecified atom stereocenters. The fourth-order valence-electron chi connectivity index (χ4n) is 3.98. The van der Waals surface area contributed by atoms with Crippen molar-refractivity contribution in [2.75, 3.05) is 13.2 Å². The molecule has 4 rings (SSSR count). The number of amides is 1.